The predicted octanol–water partition coefficient (Wildman–Crippen LogP) is 2.11. The normalized spacial score (nSPS) is 26.9. The van der Waals surface area contributed by atoms with E-state index in [1.54, 1.807) is 19.2 Å². The molecule has 0 aromatic heterocycles. The maximum atomic E-state index is 13.4. The second-order valence-electron chi connectivity index (χ2n) is 4.51. The lowest BCUT2D eigenvalue weighted by Gasteiger charge is -2.43. The zero-order valence-corrected chi connectivity index (χ0v) is 10.9. The van der Waals surface area contributed by atoms with Crippen LogP contribution in [0.3, 0.4) is 0 Å². The molecule has 1 aliphatic rings. The topological polar surface area (TPSA) is 30.5 Å². The van der Waals surface area contributed by atoms with Crippen molar-refractivity contribution in [2.75, 3.05) is 13.7 Å². The molecule has 0 radical (unpaired) electrons. The van der Waals surface area contributed by atoms with Gasteiger partial charge in [0.2, 0.25) is 0 Å². The molecule has 1 aromatic carbocycles. The summed E-state index contributed by atoms with van der Waals surface area (Å²) in [6, 6.07) is 7.06. The third-order valence-electron chi connectivity index (χ3n) is 3.41. The first kappa shape index (κ1) is 13.5. The van der Waals surface area contributed by atoms with Crippen LogP contribution in [0.2, 0.25) is 0 Å². The minimum atomic E-state index is -0.167. The van der Waals surface area contributed by atoms with Crippen LogP contribution < -0.4 is 5.32 Å². The first-order valence-electron chi connectivity index (χ1n) is 6.37. The first-order chi connectivity index (χ1) is 8.76. The van der Waals surface area contributed by atoms with Crippen molar-refractivity contribution < 1.29 is 13.9 Å². The van der Waals surface area contributed by atoms with Gasteiger partial charge in [-0.2, -0.15) is 0 Å². The molecule has 100 valence electrons. The van der Waals surface area contributed by atoms with E-state index in [0.29, 0.717) is 18.7 Å². The van der Waals surface area contributed by atoms with Gasteiger partial charge in [0.15, 0.2) is 0 Å². The van der Waals surface area contributed by atoms with Crippen LogP contribution in [-0.4, -0.2) is 32.0 Å². The average Bonchev–Trinajstić information content (AvgIpc) is 2.35. The van der Waals surface area contributed by atoms with Crippen molar-refractivity contribution in [2.24, 2.45) is 0 Å². The Morgan fingerprint density at radius 3 is 2.83 bits per heavy atom. The van der Waals surface area contributed by atoms with Crippen LogP contribution in [0.1, 0.15) is 18.9 Å². The van der Waals surface area contributed by atoms with Gasteiger partial charge < -0.3 is 14.8 Å². The molecule has 3 unspecified atom stereocenters. The SMILES string of the molecule is CCOC1CC(NCc2ccccc2F)C1OC. The van der Waals surface area contributed by atoms with E-state index in [9.17, 15) is 4.39 Å². The highest BCUT2D eigenvalue weighted by Crippen LogP contribution is 2.27. The molecule has 0 amide bonds. The first-order valence-corrected chi connectivity index (χ1v) is 6.37. The standard InChI is InChI=1S/C14H20FNO2/c1-3-18-13-8-12(14(13)17-2)16-9-10-6-4-5-7-11(10)15/h4-7,12-14,16H,3,8-9H2,1-2H3. The lowest BCUT2D eigenvalue weighted by molar-refractivity contribution is -0.131. The number of halogens is 1. The van der Waals surface area contributed by atoms with Gasteiger partial charge in [-0.1, -0.05) is 18.2 Å². The van der Waals surface area contributed by atoms with Crippen LogP contribution >= 0.6 is 0 Å². The average molecular weight is 253 g/mol. The molecule has 1 aliphatic carbocycles. The van der Waals surface area contributed by atoms with Gasteiger partial charge in [0, 0.05) is 31.9 Å². The predicted molar refractivity (Wildman–Crippen MR) is 67.9 cm³/mol. The number of methoxy groups -OCH3 is 1. The second-order valence-corrected chi connectivity index (χ2v) is 4.51. The quantitative estimate of drug-likeness (QED) is 0.842. The monoisotopic (exact) mass is 253 g/mol. The van der Waals surface area contributed by atoms with Crippen LogP contribution in [0.5, 0.6) is 0 Å². The highest BCUT2D eigenvalue weighted by atomic mass is 19.1. The Morgan fingerprint density at radius 1 is 1.39 bits per heavy atom. The fraction of sp³-hybridized carbons (Fsp3) is 0.571. The van der Waals surface area contributed by atoms with Gasteiger partial charge in [0.1, 0.15) is 5.82 Å². The molecule has 3 atom stereocenters. The van der Waals surface area contributed by atoms with E-state index < -0.39 is 0 Å². The molecule has 2 rings (SSSR count). The fourth-order valence-electron chi connectivity index (χ4n) is 2.36. The molecule has 0 heterocycles. The number of rotatable bonds is 6. The molecule has 1 saturated carbocycles. The van der Waals surface area contributed by atoms with Crippen LogP contribution in [-0.2, 0) is 16.0 Å². The molecule has 3 nitrogen and oxygen atoms in total. The molecule has 1 aromatic rings. The highest BCUT2D eigenvalue weighted by Gasteiger charge is 2.41. The summed E-state index contributed by atoms with van der Waals surface area (Å²) >= 11 is 0. The molecule has 1 fully saturated rings. The fourth-order valence-corrected chi connectivity index (χ4v) is 2.36. The summed E-state index contributed by atoms with van der Waals surface area (Å²) in [5, 5.41) is 3.32. The minimum Gasteiger partial charge on any atom is -0.377 e. The number of hydrogen-bond acceptors (Lipinski definition) is 3. The Hall–Kier alpha value is -0.970. The number of ether oxygens (including phenoxy) is 2. The molecule has 0 saturated heterocycles. The van der Waals surface area contributed by atoms with Crippen molar-refractivity contribution in [3.05, 3.63) is 35.6 Å². The van der Waals surface area contributed by atoms with Crippen molar-refractivity contribution >= 4 is 0 Å². The van der Waals surface area contributed by atoms with Crippen LogP contribution in [0, 0.1) is 5.82 Å². The van der Waals surface area contributed by atoms with Gasteiger partial charge in [0.05, 0.1) is 12.2 Å². The Labute approximate surface area is 107 Å². The molecular weight excluding hydrogens is 233 g/mol. The number of hydrogen-bond donors (Lipinski definition) is 1. The van der Waals surface area contributed by atoms with E-state index in [1.807, 2.05) is 13.0 Å². The number of benzene rings is 1. The molecule has 0 bridgehead atoms. The summed E-state index contributed by atoms with van der Waals surface area (Å²) in [5.74, 6) is -0.167. The minimum absolute atomic E-state index is 0.0664. The summed E-state index contributed by atoms with van der Waals surface area (Å²) in [6.45, 7) is 3.20. The van der Waals surface area contributed by atoms with E-state index in [1.165, 1.54) is 6.07 Å². The van der Waals surface area contributed by atoms with E-state index in [-0.39, 0.29) is 24.1 Å². The number of nitrogens with one attached hydrogen (secondary N) is 1. The van der Waals surface area contributed by atoms with E-state index in [4.69, 9.17) is 9.47 Å². The summed E-state index contributed by atoms with van der Waals surface area (Å²) < 4.78 is 24.4. The van der Waals surface area contributed by atoms with E-state index >= 15 is 0 Å². The molecule has 18 heavy (non-hydrogen) atoms. The summed E-state index contributed by atoms with van der Waals surface area (Å²) in [6.07, 6.45) is 1.15. The van der Waals surface area contributed by atoms with Gasteiger partial charge in [0.25, 0.3) is 0 Å². The van der Waals surface area contributed by atoms with Crippen LogP contribution in [0.15, 0.2) is 24.3 Å². The van der Waals surface area contributed by atoms with Gasteiger partial charge in [-0.05, 0) is 19.4 Å². The van der Waals surface area contributed by atoms with Crippen molar-refractivity contribution in [1.82, 2.24) is 5.32 Å². The van der Waals surface area contributed by atoms with Gasteiger partial charge >= 0.3 is 0 Å². The lowest BCUT2D eigenvalue weighted by atomic mass is 9.85. The zero-order chi connectivity index (χ0) is 13.0. The Morgan fingerprint density at radius 2 is 2.17 bits per heavy atom. The Bertz CT molecular complexity index is 386. The highest BCUT2D eigenvalue weighted by molar-refractivity contribution is 5.17. The van der Waals surface area contributed by atoms with Crippen molar-refractivity contribution in [2.45, 2.75) is 38.1 Å². The summed E-state index contributed by atoms with van der Waals surface area (Å²) in [7, 11) is 1.69. The van der Waals surface area contributed by atoms with Gasteiger partial charge in [-0.15, -0.1) is 0 Å². The van der Waals surface area contributed by atoms with Gasteiger partial charge in [-0.3, -0.25) is 0 Å². The summed E-state index contributed by atoms with van der Waals surface area (Å²) in [5.41, 5.74) is 0.687. The molecule has 0 spiro atoms. The van der Waals surface area contributed by atoms with E-state index in [2.05, 4.69) is 5.32 Å². The third kappa shape index (κ3) is 2.88. The maximum Gasteiger partial charge on any atom is 0.127 e. The largest absolute Gasteiger partial charge is 0.377 e. The van der Waals surface area contributed by atoms with Crippen LogP contribution in [0.4, 0.5) is 4.39 Å². The van der Waals surface area contributed by atoms with Crippen LogP contribution in [0.25, 0.3) is 0 Å². The lowest BCUT2D eigenvalue weighted by Crippen LogP contribution is -2.59. The smallest absolute Gasteiger partial charge is 0.127 e. The second kappa shape index (κ2) is 6.27. The molecular formula is C14H20FNO2. The summed E-state index contributed by atoms with van der Waals surface area (Å²) in [4.78, 5) is 0. The van der Waals surface area contributed by atoms with Gasteiger partial charge in [-0.25, -0.2) is 4.39 Å². The Balaban J connectivity index is 1.83. The van der Waals surface area contributed by atoms with Crippen molar-refractivity contribution in [1.29, 1.82) is 0 Å². The van der Waals surface area contributed by atoms with Crippen molar-refractivity contribution in [3.63, 3.8) is 0 Å². The zero-order valence-electron chi connectivity index (χ0n) is 10.9. The van der Waals surface area contributed by atoms with Crippen molar-refractivity contribution in [3.8, 4) is 0 Å². The third-order valence-corrected chi connectivity index (χ3v) is 3.41. The molecule has 0 aliphatic heterocycles. The molecule has 4 heteroatoms. The molecule has 1 N–H and O–H groups in total. The van der Waals surface area contributed by atoms with E-state index in [0.717, 1.165) is 6.42 Å². The Kier molecular flexibility index (Phi) is 4.69. The maximum absolute atomic E-state index is 13.4.